The molecule has 0 heterocycles. The summed E-state index contributed by atoms with van der Waals surface area (Å²) in [6.07, 6.45) is 3.52. The largest absolute Gasteiger partial charge is 0.481 e. The van der Waals surface area contributed by atoms with Gasteiger partial charge in [0.1, 0.15) is 11.3 Å². The lowest BCUT2D eigenvalue weighted by molar-refractivity contribution is -0.145. The number of esters is 1. The Morgan fingerprint density at radius 2 is 1.92 bits per heavy atom. The number of carbonyl (C=O) groups excluding carboxylic acids is 1. The Hall–Kier alpha value is -2.63. The zero-order chi connectivity index (χ0) is 17.7. The van der Waals surface area contributed by atoms with Gasteiger partial charge in [-0.3, -0.25) is 14.4 Å². The Labute approximate surface area is 139 Å². The highest BCUT2D eigenvalue weighted by Crippen LogP contribution is 2.41. The fourth-order valence-corrected chi connectivity index (χ4v) is 3.10. The maximum absolute atomic E-state index is 12.0. The highest BCUT2D eigenvalue weighted by molar-refractivity contribution is 5.89. The van der Waals surface area contributed by atoms with E-state index in [4.69, 9.17) is 4.74 Å². The Bertz CT molecular complexity index is 678. The topological polar surface area (TPSA) is 101 Å². The summed E-state index contributed by atoms with van der Waals surface area (Å²) >= 11 is 0. The van der Waals surface area contributed by atoms with E-state index in [2.05, 4.69) is 0 Å². The van der Waals surface area contributed by atoms with Crippen LogP contribution in [0.2, 0.25) is 0 Å². The lowest BCUT2D eigenvalue weighted by atomic mass is 9.68. The van der Waals surface area contributed by atoms with Crippen LogP contribution in [-0.4, -0.2) is 34.7 Å². The molecule has 6 nitrogen and oxygen atoms in total. The Morgan fingerprint density at radius 1 is 1.21 bits per heavy atom. The number of carboxylic acids is 2. The third kappa shape index (κ3) is 3.32. The van der Waals surface area contributed by atoms with Crippen LogP contribution in [0.15, 0.2) is 36.4 Å². The number of aliphatic carboxylic acids is 2. The number of hydrogen-bond donors (Lipinski definition) is 2. The highest BCUT2D eigenvalue weighted by atomic mass is 16.5. The van der Waals surface area contributed by atoms with E-state index in [-0.39, 0.29) is 25.4 Å². The van der Waals surface area contributed by atoms with Gasteiger partial charge in [0.2, 0.25) is 0 Å². The summed E-state index contributed by atoms with van der Waals surface area (Å²) in [4.78, 5) is 34.9. The summed E-state index contributed by atoms with van der Waals surface area (Å²) in [5.74, 6) is -3.31. The van der Waals surface area contributed by atoms with Gasteiger partial charge in [-0.1, -0.05) is 36.4 Å². The van der Waals surface area contributed by atoms with Crippen molar-refractivity contribution in [2.75, 3.05) is 6.61 Å². The third-order valence-electron chi connectivity index (χ3n) is 4.25. The zero-order valence-corrected chi connectivity index (χ0v) is 13.4. The molecule has 0 aromatic heterocycles. The first-order valence-corrected chi connectivity index (χ1v) is 7.83. The molecule has 1 aromatic carbocycles. The van der Waals surface area contributed by atoms with Crippen molar-refractivity contribution < 1.29 is 29.3 Å². The maximum atomic E-state index is 12.0. The van der Waals surface area contributed by atoms with E-state index in [0.29, 0.717) is 17.5 Å². The van der Waals surface area contributed by atoms with Gasteiger partial charge in [0.25, 0.3) is 0 Å². The molecule has 2 atom stereocenters. The molecule has 1 aliphatic rings. The third-order valence-corrected chi connectivity index (χ3v) is 4.25. The van der Waals surface area contributed by atoms with Crippen molar-refractivity contribution in [3.63, 3.8) is 0 Å². The second kappa shape index (κ2) is 7.29. The molecule has 0 bridgehead atoms. The number of carboxylic acid groups (broad SMARTS) is 2. The minimum absolute atomic E-state index is 0.126. The lowest BCUT2D eigenvalue weighted by Gasteiger charge is -2.33. The molecular weight excluding hydrogens is 312 g/mol. The molecule has 0 unspecified atom stereocenters. The Kier molecular flexibility index (Phi) is 5.39. The van der Waals surface area contributed by atoms with Crippen LogP contribution in [0.4, 0.5) is 0 Å². The van der Waals surface area contributed by atoms with E-state index in [1.54, 1.807) is 31.2 Å². The normalized spacial score (nSPS) is 21.8. The second-order valence-electron chi connectivity index (χ2n) is 5.70. The summed E-state index contributed by atoms with van der Waals surface area (Å²) in [6.45, 7) is 1.99. The summed E-state index contributed by atoms with van der Waals surface area (Å²) in [7, 11) is 0. The molecule has 2 N–H and O–H groups in total. The average Bonchev–Trinajstić information content (AvgIpc) is 2.54. The van der Waals surface area contributed by atoms with Crippen molar-refractivity contribution in [1.82, 2.24) is 0 Å². The molecule has 0 saturated heterocycles. The van der Waals surface area contributed by atoms with E-state index in [1.165, 1.54) is 12.2 Å². The Balaban J connectivity index is 2.32. The minimum Gasteiger partial charge on any atom is -0.481 e. The van der Waals surface area contributed by atoms with Crippen LogP contribution in [0.3, 0.4) is 0 Å². The fraction of sp³-hybridized carbons (Fsp3) is 0.389. The molecule has 0 amide bonds. The first-order valence-electron chi connectivity index (χ1n) is 7.83. The van der Waals surface area contributed by atoms with E-state index < -0.39 is 23.3 Å². The van der Waals surface area contributed by atoms with E-state index in [9.17, 15) is 24.6 Å². The number of fused-ring (bicyclic) bond motifs is 1. The van der Waals surface area contributed by atoms with E-state index in [0.717, 1.165) is 0 Å². The maximum Gasteiger partial charge on any atom is 0.318 e. The second-order valence-corrected chi connectivity index (χ2v) is 5.70. The first kappa shape index (κ1) is 17.7. The van der Waals surface area contributed by atoms with E-state index in [1.807, 2.05) is 0 Å². The summed E-state index contributed by atoms with van der Waals surface area (Å²) in [5, 5.41) is 19.2. The van der Waals surface area contributed by atoms with Crippen molar-refractivity contribution in [2.24, 2.45) is 0 Å². The van der Waals surface area contributed by atoms with Crippen LogP contribution in [0.25, 0.3) is 0 Å². The van der Waals surface area contributed by atoms with Gasteiger partial charge in [0.15, 0.2) is 0 Å². The molecule has 2 rings (SSSR count). The molecule has 0 fully saturated rings. The number of ether oxygens (including phenoxy) is 1. The molecule has 0 radical (unpaired) electrons. The number of hydrogen-bond acceptors (Lipinski definition) is 4. The highest BCUT2D eigenvalue weighted by Gasteiger charge is 2.43. The number of carbonyl (C=O) groups is 3. The van der Waals surface area contributed by atoms with Gasteiger partial charge in [-0.2, -0.15) is 0 Å². The molecule has 0 aliphatic heterocycles. The molecule has 6 heteroatoms. The van der Waals surface area contributed by atoms with Gasteiger partial charge in [-0.05, 0) is 30.9 Å². The Morgan fingerprint density at radius 3 is 2.54 bits per heavy atom. The smallest absolute Gasteiger partial charge is 0.318 e. The minimum atomic E-state index is -1.32. The van der Waals surface area contributed by atoms with Crippen molar-refractivity contribution in [2.45, 2.75) is 37.5 Å². The van der Waals surface area contributed by atoms with Crippen molar-refractivity contribution >= 4 is 17.9 Å². The molecule has 128 valence electrons. The van der Waals surface area contributed by atoms with Crippen molar-refractivity contribution in [1.29, 1.82) is 0 Å². The fourth-order valence-electron chi connectivity index (χ4n) is 3.10. The van der Waals surface area contributed by atoms with E-state index >= 15 is 0 Å². The van der Waals surface area contributed by atoms with Crippen molar-refractivity contribution in [3.05, 3.63) is 47.5 Å². The van der Waals surface area contributed by atoms with Crippen LogP contribution < -0.4 is 0 Å². The van der Waals surface area contributed by atoms with Crippen LogP contribution in [0.5, 0.6) is 0 Å². The molecular formula is C18H20O6. The molecule has 24 heavy (non-hydrogen) atoms. The van der Waals surface area contributed by atoms with Gasteiger partial charge in [-0.25, -0.2) is 0 Å². The van der Waals surface area contributed by atoms with Crippen LogP contribution in [0, 0.1) is 0 Å². The lowest BCUT2D eigenvalue weighted by Crippen LogP contribution is -2.38. The summed E-state index contributed by atoms with van der Waals surface area (Å²) in [6, 6.07) is 6.67. The summed E-state index contributed by atoms with van der Waals surface area (Å²) in [5.41, 5.74) is -0.378. The predicted octanol–water partition coefficient (Wildman–Crippen LogP) is 2.48. The SMILES string of the molecule is CCOC(=O)CCC[C@]1(C(=O)O)C=C[C@@H](C(=O)O)c2ccccc21. The van der Waals surface area contributed by atoms with Gasteiger partial charge >= 0.3 is 17.9 Å². The van der Waals surface area contributed by atoms with Gasteiger partial charge in [0, 0.05) is 6.42 Å². The van der Waals surface area contributed by atoms with Crippen LogP contribution in [-0.2, 0) is 24.5 Å². The van der Waals surface area contributed by atoms with Crippen LogP contribution in [0.1, 0.15) is 43.2 Å². The van der Waals surface area contributed by atoms with Crippen LogP contribution >= 0.6 is 0 Å². The molecule has 1 aromatic rings. The molecule has 1 aliphatic carbocycles. The summed E-state index contributed by atoms with van der Waals surface area (Å²) < 4.78 is 4.86. The number of benzene rings is 1. The van der Waals surface area contributed by atoms with Crippen molar-refractivity contribution in [3.8, 4) is 0 Å². The average molecular weight is 332 g/mol. The monoisotopic (exact) mass is 332 g/mol. The standard InChI is InChI=1S/C18H20O6/c1-2-24-15(19)8-5-10-18(17(22)23)11-9-13(16(20)21)12-6-3-4-7-14(12)18/h3-4,6-7,9,11,13H,2,5,8,10H2,1H3,(H,20,21)(H,22,23)/t13-,18+/m1/s1. The first-order chi connectivity index (χ1) is 11.4. The molecule has 0 spiro atoms. The van der Waals surface area contributed by atoms with Gasteiger partial charge in [-0.15, -0.1) is 0 Å². The van der Waals surface area contributed by atoms with Gasteiger partial charge < -0.3 is 14.9 Å². The van der Waals surface area contributed by atoms with Gasteiger partial charge in [0.05, 0.1) is 6.61 Å². The quantitative estimate of drug-likeness (QED) is 0.587. The predicted molar refractivity (Wildman–Crippen MR) is 85.8 cm³/mol. The zero-order valence-electron chi connectivity index (χ0n) is 13.4. The molecule has 0 saturated carbocycles. The number of rotatable bonds is 7.